The van der Waals surface area contributed by atoms with Gasteiger partial charge in [0.25, 0.3) is 0 Å². The number of pyridine rings is 1. The molecule has 0 aliphatic carbocycles. The van der Waals surface area contributed by atoms with Crippen LogP contribution in [0.2, 0.25) is 0 Å². The lowest BCUT2D eigenvalue weighted by molar-refractivity contribution is -0.142. The molecular formula is C18H27N3O3. The average molecular weight is 333 g/mol. The van der Waals surface area contributed by atoms with Gasteiger partial charge >= 0.3 is 0 Å². The molecule has 2 aliphatic rings. The zero-order valence-electron chi connectivity index (χ0n) is 14.5. The zero-order valence-corrected chi connectivity index (χ0v) is 14.5. The minimum Gasteiger partial charge on any atom is -0.387 e. The lowest BCUT2D eigenvalue weighted by atomic mass is 9.90. The second kappa shape index (κ2) is 7.07. The Balaban J connectivity index is 1.60. The number of likely N-dealkylation sites (tertiary alicyclic amines) is 1. The van der Waals surface area contributed by atoms with E-state index in [9.17, 15) is 9.90 Å². The quantitative estimate of drug-likeness (QED) is 0.895. The van der Waals surface area contributed by atoms with Gasteiger partial charge in [-0.05, 0) is 30.9 Å². The fourth-order valence-corrected chi connectivity index (χ4v) is 3.81. The van der Waals surface area contributed by atoms with Crippen LogP contribution in [0, 0.1) is 11.8 Å². The predicted octanol–water partition coefficient (Wildman–Crippen LogP) is 1.15. The second-order valence-electron chi connectivity index (χ2n) is 7.16. The van der Waals surface area contributed by atoms with E-state index < -0.39 is 5.60 Å². The fourth-order valence-electron chi connectivity index (χ4n) is 3.81. The molecule has 0 spiro atoms. The highest BCUT2D eigenvalue weighted by Gasteiger charge is 2.40. The van der Waals surface area contributed by atoms with Crippen LogP contribution in [0.3, 0.4) is 0 Å². The first kappa shape index (κ1) is 17.2. The van der Waals surface area contributed by atoms with E-state index in [1.807, 2.05) is 23.1 Å². The van der Waals surface area contributed by atoms with Crippen molar-refractivity contribution >= 4 is 11.7 Å². The van der Waals surface area contributed by atoms with Gasteiger partial charge in [0.15, 0.2) is 0 Å². The maximum absolute atomic E-state index is 12.9. The Morgan fingerprint density at radius 3 is 2.75 bits per heavy atom. The van der Waals surface area contributed by atoms with Crippen molar-refractivity contribution in [3.8, 4) is 0 Å². The Hall–Kier alpha value is -1.66. The van der Waals surface area contributed by atoms with E-state index in [-0.39, 0.29) is 11.8 Å². The topological polar surface area (TPSA) is 65.9 Å². The van der Waals surface area contributed by atoms with Crippen LogP contribution in [0.25, 0.3) is 0 Å². The summed E-state index contributed by atoms with van der Waals surface area (Å²) in [6.07, 6.45) is 2.95. The van der Waals surface area contributed by atoms with Gasteiger partial charge in [0.05, 0.1) is 18.1 Å². The van der Waals surface area contributed by atoms with Crippen molar-refractivity contribution in [3.63, 3.8) is 0 Å². The van der Waals surface area contributed by atoms with Crippen LogP contribution in [-0.4, -0.2) is 66.4 Å². The number of piperidine rings is 1. The van der Waals surface area contributed by atoms with Crippen LogP contribution in [0.4, 0.5) is 5.82 Å². The summed E-state index contributed by atoms with van der Waals surface area (Å²) in [4.78, 5) is 21.4. The smallest absolute Gasteiger partial charge is 0.227 e. The highest BCUT2D eigenvalue weighted by Crippen LogP contribution is 2.30. The molecule has 24 heavy (non-hydrogen) atoms. The molecule has 1 aromatic rings. The largest absolute Gasteiger partial charge is 0.387 e. The molecule has 1 aromatic heterocycles. The summed E-state index contributed by atoms with van der Waals surface area (Å²) in [6, 6.07) is 5.87. The third kappa shape index (κ3) is 3.54. The third-order valence-electron chi connectivity index (χ3n) is 5.32. The molecule has 0 aromatic carbocycles. The number of carbonyl (C=O) groups is 1. The van der Waals surface area contributed by atoms with E-state index >= 15 is 0 Å². The van der Waals surface area contributed by atoms with Crippen LogP contribution in [0.1, 0.15) is 19.8 Å². The van der Waals surface area contributed by atoms with Crippen molar-refractivity contribution in [3.05, 3.63) is 24.4 Å². The van der Waals surface area contributed by atoms with Gasteiger partial charge < -0.3 is 19.6 Å². The molecule has 2 fully saturated rings. The van der Waals surface area contributed by atoms with Gasteiger partial charge in [-0.15, -0.1) is 0 Å². The monoisotopic (exact) mass is 333 g/mol. The molecule has 2 aliphatic heterocycles. The molecule has 3 heterocycles. The minimum atomic E-state index is -0.785. The maximum Gasteiger partial charge on any atom is 0.227 e. The second-order valence-corrected chi connectivity index (χ2v) is 7.16. The number of aromatic nitrogens is 1. The van der Waals surface area contributed by atoms with Gasteiger partial charge in [0.1, 0.15) is 5.82 Å². The number of amides is 1. The summed E-state index contributed by atoms with van der Waals surface area (Å²) in [6.45, 7) is 5.25. The van der Waals surface area contributed by atoms with Crippen molar-refractivity contribution in [2.75, 3.05) is 44.8 Å². The Kier molecular flexibility index (Phi) is 5.06. The fraction of sp³-hybridized carbons (Fsp3) is 0.667. The lowest BCUT2D eigenvalue weighted by Crippen LogP contribution is -2.50. The number of ether oxygens (including phenoxy) is 1. The SMILES string of the molecule is COCC1(O)CCN(C(=O)[C@@H]2CN(c3ccccn3)C[C@H]2C)CC1. The van der Waals surface area contributed by atoms with Crippen molar-refractivity contribution in [2.45, 2.75) is 25.4 Å². The minimum absolute atomic E-state index is 0.000578. The Morgan fingerprint density at radius 1 is 1.38 bits per heavy atom. The normalized spacial score (nSPS) is 26.6. The van der Waals surface area contributed by atoms with Crippen LogP contribution < -0.4 is 4.90 Å². The van der Waals surface area contributed by atoms with E-state index in [2.05, 4.69) is 16.8 Å². The summed E-state index contributed by atoms with van der Waals surface area (Å²) in [5.41, 5.74) is -0.785. The third-order valence-corrected chi connectivity index (χ3v) is 5.32. The number of anilines is 1. The van der Waals surface area contributed by atoms with Crippen LogP contribution in [0.15, 0.2) is 24.4 Å². The first-order chi connectivity index (χ1) is 11.5. The van der Waals surface area contributed by atoms with Gasteiger partial charge in [-0.2, -0.15) is 0 Å². The summed E-state index contributed by atoms with van der Waals surface area (Å²) >= 11 is 0. The first-order valence-electron chi connectivity index (χ1n) is 8.68. The highest BCUT2D eigenvalue weighted by atomic mass is 16.5. The van der Waals surface area contributed by atoms with Gasteiger partial charge in [0, 0.05) is 39.5 Å². The molecule has 132 valence electrons. The van der Waals surface area contributed by atoms with Gasteiger partial charge in [-0.25, -0.2) is 4.98 Å². The van der Waals surface area contributed by atoms with Crippen molar-refractivity contribution in [1.82, 2.24) is 9.88 Å². The molecule has 6 heteroatoms. The number of nitrogens with zero attached hydrogens (tertiary/aromatic N) is 3. The summed E-state index contributed by atoms with van der Waals surface area (Å²) < 4.78 is 5.09. The molecule has 1 amide bonds. The standard InChI is InChI=1S/C18H27N3O3/c1-14-11-21(16-5-3-4-8-19-16)12-15(14)17(22)20-9-6-18(23,7-10-20)13-24-2/h3-5,8,14-15,23H,6-7,9-13H2,1-2H3/t14-,15-/m1/s1. The number of methoxy groups -OCH3 is 1. The molecule has 0 radical (unpaired) electrons. The number of rotatable bonds is 4. The number of hydrogen-bond donors (Lipinski definition) is 1. The van der Waals surface area contributed by atoms with Gasteiger partial charge in [0.2, 0.25) is 5.91 Å². The molecule has 3 rings (SSSR count). The summed E-state index contributed by atoms with van der Waals surface area (Å²) in [7, 11) is 1.60. The maximum atomic E-state index is 12.9. The van der Waals surface area contributed by atoms with E-state index in [1.165, 1.54) is 0 Å². The van der Waals surface area contributed by atoms with Gasteiger partial charge in [-0.1, -0.05) is 13.0 Å². The molecule has 2 atom stereocenters. The molecular weight excluding hydrogens is 306 g/mol. The summed E-state index contributed by atoms with van der Waals surface area (Å²) in [5, 5.41) is 10.4. The Labute approximate surface area is 143 Å². The van der Waals surface area contributed by atoms with E-state index in [0.29, 0.717) is 38.5 Å². The number of aliphatic hydroxyl groups is 1. The van der Waals surface area contributed by atoms with Crippen molar-refractivity contribution < 1.29 is 14.6 Å². The Morgan fingerprint density at radius 2 is 2.12 bits per heavy atom. The lowest BCUT2D eigenvalue weighted by Gasteiger charge is -2.39. The molecule has 0 unspecified atom stereocenters. The Bertz CT molecular complexity index is 558. The molecule has 0 saturated carbocycles. The predicted molar refractivity (Wildman–Crippen MR) is 91.7 cm³/mol. The molecule has 2 saturated heterocycles. The average Bonchev–Trinajstić information content (AvgIpc) is 2.98. The van der Waals surface area contributed by atoms with Crippen LogP contribution in [-0.2, 0) is 9.53 Å². The van der Waals surface area contributed by atoms with Crippen molar-refractivity contribution in [2.24, 2.45) is 11.8 Å². The number of hydrogen-bond acceptors (Lipinski definition) is 5. The van der Waals surface area contributed by atoms with E-state index in [1.54, 1.807) is 13.3 Å². The van der Waals surface area contributed by atoms with E-state index in [4.69, 9.17) is 4.74 Å². The summed E-state index contributed by atoms with van der Waals surface area (Å²) in [5.74, 6) is 1.45. The first-order valence-corrected chi connectivity index (χ1v) is 8.68. The van der Waals surface area contributed by atoms with Crippen LogP contribution in [0.5, 0.6) is 0 Å². The molecule has 6 nitrogen and oxygen atoms in total. The van der Waals surface area contributed by atoms with Crippen LogP contribution >= 0.6 is 0 Å². The van der Waals surface area contributed by atoms with E-state index in [0.717, 1.165) is 18.9 Å². The molecule has 0 bridgehead atoms. The van der Waals surface area contributed by atoms with Gasteiger partial charge in [-0.3, -0.25) is 4.79 Å². The zero-order chi connectivity index (χ0) is 17.2. The molecule has 1 N–H and O–H groups in total. The number of carbonyl (C=O) groups excluding carboxylic acids is 1. The van der Waals surface area contributed by atoms with Crippen molar-refractivity contribution in [1.29, 1.82) is 0 Å². The highest BCUT2D eigenvalue weighted by molar-refractivity contribution is 5.80.